The molecule has 0 aliphatic carbocycles. The van der Waals surface area contributed by atoms with Gasteiger partial charge in [-0.05, 0) is 43.0 Å². The number of ether oxygens (including phenoxy) is 1. The van der Waals surface area contributed by atoms with Crippen LogP contribution in [-0.2, 0) is 4.79 Å². The molecule has 0 amide bonds. The van der Waals surface area contributed by atoms with Gasteiger partial charge in [-0.3, -0.25) is 9.59 Å². The second kappa shape index (κ2) is 10.4. The Labute approximate surface area is 162 Å². The van der Waals surface area contributed by atoms with Crippen molar-refractivity contribution in [1.82, 2.24) is 0 Å². The molecular formula is C21H21ClO5. The van der Waals surface area contributed by atoms with Crippen LogP contribution >= 0.6 is 11.6 Å². The van der Waals surface area contributed by atoms with Crippen LogP contribution in [0.4, 0.5) is 0 Å². The van der Waals surface area contributed by atoms with E-state index in [-0.39, 0.29) is 23.5 Å². The number of aromatic hydroxyl groups is 1. The molecule has 142 valence electrons. The molecule has 0 saturated carbocycles. The highest BCUT2D eigenvalue weighted by atomic mass is 35.5. The summed E-state index contributed by atoms with van der Waals surface area (Å²) in [7, 11) is 0. The zero-order chi connectivity index (χ0) is 19.6. The molecular weight excluding hydrogens is 368 g/mol. The lowest BCUT2D eigenvalue weighted by molar-refractivity contribution is -0.137. The van der Waals surface area contributed by atoms with Crippen LogP contribution in [0.1, 0.15) is 47.2 Å². The number of carboxylic acid groups (broad SMARTS) is 1. The summed E-state index contributed by atoms with van der Waals surface area (Å²) in [6.45, 7) is 0.419. The Kier molecular flexibility index (Phi) is 7.89. The number of rotatable bonds is 10. The summed E-state index contributed by atoms with van der Waals surface area (Å²) in [4.78, 5) is 23.0. The Morgan fingerprint density at radius 2 is 1.78 bits per heavy atom. The average molecular weight is 389 g/mol. The van der Waals surface area contributed by atoms with E-state index in [2.05, 4.69) is 0 Å². The fraction of sp³-hybridized carbons (Fsp3) is 0.238. The Bertz CT molecular complexity index is 812. The van der Waals surface area contributed by atoms with Crippen molar-refractivity contribution in [2.24, 2.45) is 0 Å². The fourth-order valence-electron chi connectivity index (χ4n) is 2.51. The molecule has 0 heterocycles. The zero-order valence-electron chi connectivity index (χ0n) is 14.7. The Hall–Kier alpha value is -2.79. The van der Waals surface area contributed by atoms with Gasteiger partial charge in [-0.25, -0.2) is 0 Å². The molecule has 2 aromatic rings. The molecule has 5 nitrogen and oxygen atoms in total. The lowest BCUT2D eigenvalue weighted by atomic mass is 10.0. The first-order valence-corrected chi connectivity index (χ1v) is 9.04. The third-order valence-corrected chi connectivity index (χ3v) is 4.07. The molecule has 0 spiro atoms. The molecule has 0 unspecified atom stereocenters. The minimum atomic E-state index is -0.800. The maximum absolute atomic E-state index is 12.5. The highest BCUT2D eigenvalue weighted by Crippen LogP contribution is 2.26. The minimum Gasteiger partial charge on any atom is -0.507 e. The fourth-order valence-corrected chi connectivity index (χ4v) is 2.66. The van der Waals surface area contributed by atoms with Gasteiger partial charge in [0, 0.05) is 23.6 Å². The molecule has 0 aliphatic heterocycles. The number of carbonyl (C=O) groups is 2. The van der Waals surface area contributed by atoms with E-state index in [1.807, 2.05) is 0 Å². The van der Waals surface area contributed by atoms with E-state index in [9.17, 15) is 14.7 Å². The molecule has 0 aliphatic rings. The Morgan fingerprint density at radius 3 is 2.41 bits per heavy atom. The average Bonchev–Trinajstić information content (AvgIpc) is 2.65. The van der Waals surface area contributed by atoms with Crippen LogP contribution in [-0.4, -0.2) is 28.6 Å². The lowest BCUT2D eigenvalue weighted by Gasteiger charge is -2.09. The number of carbonyl (C=O) groups excluding carboxylic acids is 1. The van der Waals surface area contributed by atoms with Crippen molar-refractivity contribution in [2.75, 3.05) is 6.61 Å². The third-order valence-electron chi connectivity index (χ3n) is 3.95. The van der Waals surface area contributed by atoms with Crippen LogP contribution in [0.5, 0.6) is 11.5 Å². The van der Waals surface area contributed by atoms with E-state index >= 15 is 0 Å². The number of carboxylic acids is 1. The van der Waals surface area contributed by atoms with Gasteiger partial charge in [0.1, 0.15) is 11.5 Å². The Balaban J connectivity index is 1.93. The van der Waals surface area contributed by atoms with Gasteiger partial charge < -0.3 is 14.9 Å². The number of ketones is 1. The SMILES string of the molecule is O=C(O)CCCCCOc1ccc(C(=O)c2ccc(C=CCl)cc2)c(O)c1. The standard InChI is InChI=1S/C21H21ClO5/c22-12-11-15-5-7-16(8-6-15)21(26)18-10-9-17(14-19(18)23)27-13-3-1-2-4-20(24)25/h5-12,14,23H,1-4,13H2,(H,24,25). The summed E-state index contributed by atoms with van der Waals surface area (Å²) in [6.07, 6.45) is 3.94. The monoisotopic (exact) mass is 388 g/mol. The maximum atomic E-state index is 12.5. The van der Waals surface area contributed by atoms with Gasteiger partial charge in [0.25, 0.3) is 0 Å². The van der Waals surface area contributed by atoms with Crippen molar-refractivity contribution in [1.29, 1.82) is 0 Å². The second-order valence-electron chi connectivity index (χ2n) is 5.98. The molecule has 2 rings (SSSR count). The van der Waals surface area contributed by atoms with E-state index in [1.54, 1.807) is 36.4 Å². The summed E-state index contributed by atoms with van der Waals surface area (Å²) in [5.74, 6) is -0.765. The first-order chi connectivity index (χ1) is 13.0. The number of hydrogen-bond donors (Lipinski definition) is 2. The normalized spacial score (nSPS) is 10.9. The molecule has 2 N–H and O–H groups in total. The first kappa shape index (κ1) is 20.5. The molecule has 0 radical (unpaired) electrons. The number of phenolic OH excluding ortho intramolecular Hbond substituents is 1. The van der Waals surface area contributed by atoms with Gasteiger partial charge in [-0.1, -0.05) is 35.9 Å². The van der Waals surface area contributed by atoms with E-state index in [0.29, 0.717) is 24.3 Å². The van der Waals surface area contributed by atoms with Crippen molar-refractivity contribution in [3.8, 4) is 11.5 Å². The van der Waals surface area contributed by atoms with Gasteiger partial charge in [-0.15, -0.1) is 0 Å². The number of hydrogen-bond acceptors (Lipinski definition) is 4. The summed E-state index contributed by atoms with van der Waals surface area (Å²) in [5.41, 5.74) is 2.93. The number of phenols is 1. The van der Waals surface area contributed by atoms with E-state index in [1.165, 1.54) is 17.7 Å². The van der Waals surface area contributed by atoms with Crippen molar-refractivity contribution < 1.29 is 24.5 Å². The molecule has 0 fully saturated rings. The van der Waals surface area contributed by atoms with Gasteiger partial charge in [-0.2, -0.15) is 0 Å². The summed E-state index contributed by atoms with van der Waals surface area (Å²) >= 11 is 5.53. The maximum Gasteiger partial charge on any atom is 0.303 e. The molecule has 6 heteroatoms. The topological polar surface area (TPSA) is 83.8 Å². The molecule has 0 saturated heterocycles. The van der Waals surface area contributed by atoms with E-state index in [0.717, 1.165) is 18.4 Å². The Morgan fingerprint density at radius 1 is 1.04 bits per heavy atom. The summed E-state index contributed by atoms with van der Waals surface area (Å²) in [6, 6.07) is 11.5. The van der Waals surface area contributed by atoms with Crippen molar-refractivity contribution >= 4 is 29.4 Å². The van der Waals surface area contributed by atoms with Crippen LogP contribution in [0.3, 0.4) is 0 Å². The summed E-state index contributed by atoms with van der Waals surface area (Å²) in [5, 5.41) is 18.7. The number of benzene rings is 2. The van der Waals surface area contributed by atoms with E-state index in [4.69, 9.17) is 21.4 Å². The highest BCUT2D eigenvalue weighted by molar-refractivity contribution is 6.27. The van der Waals surface area contributed by atoms with Crippen molar-refractivity contribution in [2.45, 2.75) is 25.7 Å². The predicted molar refractivity (Wildman–Crippen MR) is 104 cm³/mol. The van der Waals surface area contributed by atoms with Gasteiger partial charge >= 0.3 is 5.97 Å². The van der Waals surface area contributed by atoms with Gasteiger partial charge in [0.15, 0.2) is 5.78 Å². The first-order valence-electron chi connectivity index (χ1n) is 8.60. The molecule has 0 bridgehead atoms. The predicted octanol–water partition coefficient (Wildman–Crippen LogP) is 4.86. The molecule has 0 atom stereocenters. The smallest absolute Gasteiger partial charge is 0.303 e. The van der Waals surface area contributed by atoms with Crippen LogP contribution in [0.2, 0.25) is 0 Å². The molecule has 0 aromatic heterocycles. The van der Waals surface area contributed by atoms with Crippen LogP contribution < -0.4 is 4.74 Å². The quantitative estimate of drug-likeness (QED) is 0.448. The second-order valence-corrected chi connectivity index (χ2v) is 6.23. The van der Waals surface area contributed by atoms with Crippen molar-refractivity contribution in [3.05, 3.63) is 64.7 Å². The number of unbranched alkanes of at least 4 members (excludes halogenated alkanes) is 2. The number of aliphatic carboxylic acids is 1. The van der Waals surface area contributed by atoms with Gasteiger partial charge in [0.2, 0.25) is 0 Å². The van der Waals surface area contributed by atoms with Gasteiger partial charge in [0.05, 0.1) is 12.2 Å². The van der Waals surface area contributed by atoms with Crippen molar-refractivity contribution in [3.63, 3.8) is 0 Å². The molecule has 27 heavy (non-hydrogen) atoms. The number of halogens is 1. The summed E-state index contributed by atoms with van der Waals surface area (Å²) < 4.78 is 5.54. The third kappa shape index (κ3) is 6.46. The molecule has 2 aromatic carbocycles. The minimum absolute atomic E-state index is 0.145. The van der Waals surface area contributed by atoms with Crippen LogP contribution in [0, 0.1) is 0 Å². The largest absolute Gasteiger partial charge is 0.507 e. The van der Waals surface area contributed by atoms with E-state index < -0.39 is 5.97 Å². The zero-order valence-corrected chi connectivity index (χ0v) is 15.5. The highest BCUT2D eigenvalue weighted by Gasteiger charge is 2.14. The lowest BCUT2D eigenvalue weighted by Crippen LogP contribution is -2.03. The van der Waals surface area contributed by atoms with Crippen LogP contribution in [0.15, 0.2) is 48.0 Å². The van der Waals surface area contributed by atoms with Crippen LogP contribution in [0.25, 0.3) is 6.08 Å².